The van der Waals surface area contributed by atoms with Crippen molar-refractivity contribution in [1.29, 1.82) is 0 Å². The summed E-state index contributed by atoms with van der Waals surface area (Å²) in [6.45, 7) is 36.4. The van der Waals surface area contributed by atoms with E-state index in [-0.39, 0.29) is 159 Å². The van der Waals surface area contributed by atoms with Crippen LogP contribution in [0.1, 0.15) is 150 Å². The molecule has 0 unspecified atom stereocenters. The molecule has 38 heteroatoms. The maximum absolute atomic E-state index is 16.6. The van der Waals surface area contributed by atoms with Gasteiger partial charge in [0.05, 0.1) is 88.4 Å². The summed E-state index contributed by atoms with van der Waals surface area (Å²) < 4.78 is 106. The molecule has 12 bridgehead atoms. The van der Waals surface area contributed by atoms with Crippen LogP contribution in [0.5, 0.6) is 0 Å². The second-order valence-electron chi connectivity index (χ2n) is 39.2. The summed E-state index contributed by atoms with van der Waals surface area (Å²) in [7, 11) is 3.84. The number of fused-ring (bicyclic) bond motifs is 21. The molecule has 6 aliphatic rings. The third-order valence-electron chi connectivity index (χ3n) is 28.3. The first-order valence-electron chi connectivity index (χ1n) is 48.9. The number of benzene rings is 6. The molecule has 0 radical (unpaired) electrons. The van der Waals surface area contributed by atoms with Gasteiger partial charge in [-0.15, -0.1) is 15.3 Å². The number of halogens is 6. The quantitative estimate of drug-likeness (QED) is 0.0957. The van der Waals surface area contributed by atoms with Crippen molar-refractivity contribution in [3.05, 3.63) is 306 Å². The van der Waals surface area contributed by atoms with Crippen LogP contribution >= 0.6 is 0 Å². The Morgan fingerprint density at radius 1 is 0.363 bits per heavy atom. The molecule has 146 heavy (non-hydrogen) atoms. The zero-order valence-corrected chi connectivity index (χ0v) is 83.3. The predicted octanol–water partition coefficient (Wildman–Crippen LogP) is 15.0. The fourth-order valence-corrected chi connectivity index (χ4v) is 21.0. The van der Waals surface area contributed by atoms with E-state index in [4.69, 9.17) is 15.0 Å². The van der Waals surface area contributed by atoms with Crippen LogP contribution in [0.25, 0.3) is 83.9 Å². The number of hydrogen-bond donors (Lipinski definition) is 0. The van der Waals surface area contributed by atoms with Crippen LogP contribution < -0.4 is 41.6 Å². The van der Waals surface area contributed by atoms with Gasteiger partial charge in [0, 0.05) is 132 Å². The summed E-state index contributed by atoms with van der Waals surface area (Å²) in [5.74, 6) is -4.09. The van der Waals surface area contributed by atoms with Crippen LogP contribution in [0.4, 0.5) is 55.2 Å². The van der Waals surface area contributed by atoms with Gasteiger partial charge in [-0.1, -0.05) is 156 Å². The van der Waals surface area contributed by atoms with Gasteiger partial charge in [0.25, 0.3) is 0 Å². The summed E-state index contributed by atoms with van der Waals surface area (Å²) >= 11 is 0. The van der Waals surface area contributed by atoms with Crippen LogP contribution in [-0.4, -0.2) is 218 Å². The second kappa shape index (κ2) is 39.8. The maximum atomic E-state index is 16.6. The molecule has 750 valence electrons. The third-order valence-corrected chi connectivity index (χ3v) is 28.3. The van der Waals surface area contributed by atoms with Gasteiger partial charge in [0.1, 0.15) is 75.1 Å². The van der Waals surface area contributed by atoms with Crippen molar-refractivity contribution in [2.75, 3.05) is 91.0 Å². The van der Waals surface area contributed by atoms with Crippen molar-refractivity contribution < 1.29 is 40.7 Å². The van der Waals surface area contributed by atoms with E-state index in [1.165, 1.54) is 68.3 Å². The SMILES string of the molecule is C=CC(=O)N1CCN(c2nc(=O)n3c4nc(c(F)cc24)-c2c(F)cccc2Cn2cc(nn2)CCc2cccc(C(C)C)c2-3)[C@@H](C)C1.C=CC(=O)N1C[C@H](C)N(c2nc(=O)n3c4nc(c(F)cc24)-c2c(F)cccc2Cn2cc(nn2)CCN(C)c2cccc(C(C)C)c2-3)C[C@H]1C.C=CC(=O)N1C[C@H](C)N(c2nc(=O)n3c4nc(c(F)cc24)-c2c(F)cccc2Cn2cc(nn2)CN(C)c2cccc(C(C)C)c2-3)C[C@H]1C. The van der Waals surface area contributed by atoms with Crippen molar-refractivity contribution in [3.63, 3.8) is 0 Å². The number of carbonyl (C=O) groups is 3. The highest BCUT2D eigenvalue weighted by atomic mass is 19.1. The summed E-state index contributed by atoms with van der Waals surface area (Å²) in [6, 6.07) is 33.7. The fraction of sp³-hybridized carbons (Fsp3) is 0.333. The average Bonchev–Trinajstić information content (AvgIpc) is 1.02. The number of hydrogen-bond acceptors (Lipinski definition) is 23. The Balaban J connectivity index is 0.000000138. The van der Waals surface area contributed by atoms with Crippen molar-refractivity contribution in [3.8, 4) is 50.8 Å². The van der Waals surface area contributed by atoms with E-state index >= 15 is 26.3 Å². The molecule has 32 nitrogen and oxygen atoms in total. The molecular formula is C108H110F6N26O6. The molecule has 0 N–H and O–H groups in total. The largest absolute Gasteiger partial charge is 0.372 e. The van der Waals surface area contributed by atoms with E-state index in [2.05, 4.69) is 65.6 Å². The zero-order valence-electron chi connectivity index (χ0n) is 83.3. The van der Waals surface area contributed by atoms with E-state index in [1.54, 1.807) is 83.7 Å². The molecule has 0 spiro atoms. The van der Waals surface area contributed by atoms with Crippen molar-refractivity contribution >= 4 is 79.7 Å². The summed E-state index contributed by atoms with van der Waals surface area (Å²) in [5, 5.41) is 26.7. The monoisotopic (exact) mass is 1980 g/mol. The fourth-order valence-electron chi connectivity index (χ4n) is 21.0. The van der Waals surface area contributed by atoms with Crippen LogP contribution in [0.3, 0.4) is 0 Å². The second-order valence-corrected chi connectivity index (χ2v) is 39.2. The minimum absolute atomic E-state index is 0.0133. The van der Waals surface area contributed by atoms with Crippen molar-refractivity contribution in [2.24, 2.45) is 0 Å². The van der Waals surface area contributed by atoms with Crippen LogP contribution in [0.15, 0.2) is 198 Å². The first kappa shape index (κ1) is 98.6. The standard InChI is InChI=1S/C37H39F2N9O2.C36H37F2N9O2.C35H34F2N8O2/c1-7-31(49)46-17-23(5)47(18-22(46)4)35-27-16-29(39)33-32-24(10-8-12-28(32)38)19-45-20-25(42-43-45)14-15-44(6)30-13-9-11-26(21(2)3)34(30)48(36(27)40-33)37(50)41-35;1-7-30(48)45-15-22(5)46(16-21(45)4)34-26-14-28(38)32-31-23(10-8-12-27(31)37)17-44-19-24(41-42-44)18-43(6)29-13-9-11-25(20(2)3)33(29)47(35(26)39-32)36(49)40-34;1-5-29(46)42-14-15-44(21(4)17-42)33-26-16-28(37)31-30-23(9-7-11-27(30)36)18-43-19-24(40-41-43)13-12-22-8-6-10-25(20(2)3)32(22)45(34(26)38-31)35(47)39-33/h7-13,16,20-23H,1,14-15,17-19H2,2-6H3;7-14,19-22H,1,15-18H2,2-6H3;5-11,16,19-21H,1,12-15,17-18H2,2-4H3/t22-,23+;21-,22+;21-/m110/s1. The van der Waals surface area contributed by atoms with Crippen molar-refractivity contribution in [1.82, 2.24) is 103 Å². The molecule has 6 aromatic carbocycles. The first-order chi connectivity index (χ1) is 70.1. The van der Waals surface area contributed by atoms with Gasteiger partial charge in [-0.05, 0) is 171 Å². The molecule has 3 amide bonds. The lowest BCUT2D eigenvalue weighted by Gasteiger charge is -2.44. The van der Waals surface area contributed by atoms with Crippen LogP contribution in [0, 0.1) is 34.9 Å². The number of aryl methyl sites for hydroxylation is 2. The number of amides is 3. The van der Waals surface area contributed by atoms with Gasteiger partial charge < -0.3 is 39.2 Å². The van der Waals surface area contributed by atoms with Gasteiger partial charge in [-0.25, -0.2) is 83.4 Å². The highest BCUT2D eigenvalue weighted by Crippen LogP contribution is 2.45. The van der Waals surface area contributed by atoms with Gasteiger partial charge >= 0.3 is 17.1 Å². The van der Waals surface area contributed by atoms with E-state index in [1.807, 2.05) is 169 Å². The maximum Gasteiger partial charge on any atom is 0.355 e. The van der Waals surface area contributed by atoms with Crippen molar-refractivity contribution in [2.45, 2.75) is 170 Å². The Morgan fingerprint density at radius 3 is 1.13 bits per heavy atom. The van der Waals surface area contributed by atoms with E-state index in [9.17, 15) is 28.8 Å². The first-order valence-corrected chi connectivity index (χ1v) is 48.9. The average molecular weight is 1980 g/mol. The van der Waals surface area contributed by atoms with Gasteiger partial charge in [-0.2, -0.15) is 15.0 Å². The predicted molar refractivity (Wildman–Crippen MR) is 548 cm³/mol. The number of pyridine rings is 3. The number of likely N-dealkylation sites (N-methyl/N-ethyl adjacent to an activating group) is 1. The van der Waals surface area contributed by atoms with E-state index in [0.717, 1.165) is 39.3 Å². The van der Waals surface area contributed by atoms with Crippen LogP contribution in [-0.2, 0) is 59.8 Å². The minimum Gasteiger partial charge on any atom is -0.372 e. The number of piperazine rings is 3. The van der Waals surface area contributed by atoms with E-state index in [0.29, 0.717) is 134 Å². The highest BCUT2D eigenvalue weighted by Gasteiger charge is 2.40. The number of para-hydroxylation sites is 3. The Hall–Kier alpha value is -16.2. The lowest BCUT2D eigenvalue weighted by atomic mass is 9.95. The molecule has 0 saturated carbocycles. The molecular weight excluding hydrogens is 1870 g/mol. The number of carbonyl (C=O) groups excluding carboxylic acids is 3. The molecule has 3 fully saturated rings. The smallest absolute Gasteiger partial charge is 0.355 e. The Bertz CT molecular complexity index is 7980. The van der Waals surface area contributed by atoms with Crippen LogP contribution in [0.2, 0.25) is 0 Å². The molecule has 15 aromatic rings. The third kappa shape index (κ3) is 18.2. The summed E-state index contributed by atoms with van der Waals surface area (Å²) in [4.78, 5) is 124. The van der Waals surface area contributed by atoms with Gasteiger partial charge in [-0.3, -0.25) is 14.4 Å². The molecule has 21 rings (SSSR count). The summed E-state index contributed by atoms with van der Waals surface area (Å²) in [6.07, 6.45) is 10.9. The zero-order chi connectivity index (χ0) is 103. The molecule has 9 aromatic heterocycles. The van der Waals surface area contributed by atoms with Gasteiger partial charge in [0.15, 0.2) is 16.9 Å². The van der Waals surface area contributed by atoms with Gasteiger partial charge in [0.2, 0.25) is 17.7 Å². The summed E-state index contributed by atoms with van der Waals surface area (Å²) in [5.41, 5.74) is 8.04. The number of anilines is 5. The Morgan fingerprint density at radius 2 is 0.719 bits per heavy atom. The molecule has 5 atom stereocenters. The Kier molecular flexibility index (Phi) is 26.9. The highest BCUT2D eigenvalue weighted by molar-refractivity contribution is 5.96. The van der Waals surface area contributed by atoms with E-state index < -0.39 is 52.0 Å². The Labute approximate surface area is 836 Å². The molecule has 0 aliphatic carbocycles. The number of aromatic nitrogens is 18. The topological polar surface area (TPSA) is 313 Å². The molecule has 15 heterocycles. The lowest BCUT2D eigenvalue weighted by Crippen LogP contribution is -2.58. The lowest BCUT2D eigenvalue weighted by molar-refractivity contribution is -0.129. The molecule has 6 aliphatic heterocycles. The normalized spacial score (nSPS) is 17.3. The minimum atomic E-state index is -0.769. The molecule has 3 saturated heterocycles. The number of nitrogens with zero attached hydrogens (tertiary/aromatic N) is 26. The number of rotatable bonds is 9.